The summed E-state index contributed by atoms with van der Waals surface area (Å²) in [6, 6.07) is 1.45. The van der Waals surface area contributed by atoms with Crippen LogP contribution in [0, 0.1) is 5.92 Å². The Hall–Kier alpha value is -2.20. The minimum Gasteiger partial charge on any atom is -0.339 e. The molecule has 2 aliphatic rings. The molecule has 0 spiro atoms. The van der Waals surface area contributed by atoms with Crippen LogP contribution in [0.15, 0.2) is 17.1 Å². The van der Waals surface area contributed by atoms with Crippen LogP contribution in [0.2, 0.25) is 0 Å². The van der Waals surface area contributed by atoms with Gasteiger partial charge in [-0.15, -0.1) is 0 Å². The van der Waals surface area contributed by atoms with Crippen LogP contribution in [0.25, 0.3) is 0 Å². The number of nitrogens with one attached hydrogen (secondary N) is 1. The number of nitrogens with zero attached hydrogens (tertiary/aromatic N) is 3. The fraction of sp³-hybridized carbons (Fsp3) is 0.632. The Kier molecular flexibility index (Phi) is 6.42. The first-order valence-electron chi connectivity index (χ1n) is 9.93. The normalized spacial score (nSPS) is 19.2. The third kappa shape index (κ3) is 5.05. The summed E-state index contributed by atoms with van der Waals surface area (Å²) < 4.78 is 25.9. The minimum absolute atomic E-state index is 0.0749. The lowest BCUT2D eigenvalue weighted by atomic mass is 9.97. The number of piperidine rings is 2. The van der Waals surface area contributed by atoms with E-state index in [4.69, 9.17) is 0 Å². The van der Waals surface area contributed by atoms with Gasteiger partial charge in [-0.3, -0.25) is 14.4 Å². The molecule has 0 saturated carbocycles. The molecular formula is C19H28N4O5S. The Morgan fingerprint density at radius 1 is 1.07 bits per heavy atom. The van der Waals surface area contributed by atoms with Crippen molar-refractivity contribution in [3.8, 4) is 0 Å². The molecule has 0 bridgehead atoms. The first kappa shape index (κ1) is 21.5. The lowest BCUT2D eigenvalue weighted by molar-refractivity contribution is -0.120. The van der Waals surface area contributed by atoms with Crippen molar-refractivity contribution in [2.24, 2.45) is 13.0 Å². The van der Waals surface area contributed by atoms with Crippen LogP contribution in [0.1, 0.15) is 42.5 Å². The number of pyridine rings is 1. The third-order valence-electron chi connectivity index (χ3n) is 5.63. The van der Waals surface area contributed by atoms with E-state index in [1.54, 1.807) is 11.9 Å². The van der Waals surface area contributed by atoms with Crippen LogP contribution in [-0.4, -0.2) is 66.4 Å². The molecule has 2 amide bonds. The molecule has 3 heterocycles. The summed E-state index contributed by atoms with van der Waals surface area (Å²) in [6.45, 7) is 1.95. The topological polar surface area (TPSA) is 109 Å². The van der Waals surface area contributed by atoms with Gasteiger partial charge < -0.3 is 14.8 Å². The molecule has 0 aliphatic carbocycles. The van der Waals surface area contributed by atoms with Crippen molar-refractivity contribution in [3.05, 3.63) is 28.2 Å². The molecule has 1 aromatic rings. The summed E-state index contributed by atoms with van der Waals surface area (Å²) in [5, 5.41) is 2.66. The maximum absolute atomic E-state index is 12.8. The zero-order valence-electron chi connectivity index (χ0n) is 16.9. The van der Waals surface area contributed by atoms with E-state index in [-0.39, 0.29) is 42.1 Å². The van der Waals surface area contributed by atoms with Crippen LogP contribution in [0.3, 0.4) is 0 Å². The summed E-state index contributed by atoms with van der Waals surface area (Å²) in [4.78, 5) is 39.6. The fourth-order valence-electron chi connectivity index (χ4n) is 3.88. The van der Waals surface area contributed by atoms with Crippen LogP contribution < -0.4 is 10.9 Å². The second-order valence-electron chi connectivity index (χ2n) is 7.84. The molecule has 0 atom stereocenters. The van der Waals surface area contributed by atoms with Crippen molar-refractivity contribution < 1.29 is 18.0 Å². The van der Waals surface area contributed by atoms with Gasteiger partial charge in [-0.05, 0) is 38.2 Å². The molecule has 2 saturated heterocycles. The average molecular weight is 425 g/mol. The number of sulfonamides is 1. The van der Waals surface area contributed by atoms with E-state index in [0.29, 0.717) is 31.5 Å². The van der Waals surface area contributed by atoms with Gasteiger partial charge >= 0.3 is 0 Å². The van der Waals surface area contributed by atoms with E-state index in [1.807, 2.05) is 0 Å². The molecule has 2 aliphatic heterocycles. The van der Waals surface area contributed by atoms with E-state index in [0.717, 1.165) is 25.5 Å². The predicted octanol–water partition coefficient (Wildman–Crippen LogP) is 0.622. The highest BCUT2D eigenvalue weighted by Gasteiger charge is 2.29. The molecule has 0 unspecified atom stereocenters. The monoisotopic (exact) mass is 424 g/mol. The summed E-state index contributed by atoms with van der Waals surface area (Å²) in [7, 11) is -1.71. The Morgan fingerprint density at radius 3 is 2.28 bits per heavy atom. The SMILES string of the molecule is Cn1cc(C(=O)N2CCCCC2)cc(NC(=O)C2CCN(S(C)(=O)=O)CC2)c1=O. The van der Waals surface area contributed by atoms with E-state index in [1.165, 1.54) is 21.1 Å². The van der Waals surface area contributed by atoms with Crippen molar-refractivity contribution in [1.82, 2.24) is 13.8 Å². The first-order chi connectivity index (χ1) is 13.7. The van der Waals surface area contributed by atoms with Crippen LogP contribution in [0.4, 0.5) is 5.69 Å². The van der Waals surface area contributed by atoms with Crippen molar-refractivity contribution in [2.45, 2.75) is 32.1 Å². The van der Waals surface area contributed by atoms with Crippen molar-refractivity contribution in [3.63, 3.8) is 0 Å². The first-order valence-corrected chi connectivity index (χ1v) is 11.8. The third-order valence-corrected chi connectivity index (χ3v) is 6.93. The van der Waals surface area contributed by atoms with Crippen LogP contribution in [0.5, 0.6) is 0 Å². The highest BCUT2D eigenvalue weighted by atomic mass is 32.2. The van der Waals surface area contributed by atoms with Gasteiger partial charge in [-0.25, -0.2) is 12.7 Å². The number of aryl methyl sites for hydroxylation is 1. The highest BCUT2D eigenvalue weighted by Crippen LogP contribution is 2.21. The van der Waals surface area contributed by atoms with E-state index in [9.17, 15) is 22.8 Å². The van der Waals surface area contributed by atoms with Gasteiger partial charge in [0.1, 0.15) is 5.69 Å². The largest absolute Gasteiger partial charge is 0.339 e. The zero-order chi connectivity index (χ0) is 21.2. The summed E-state index contributed by atoms with van der Waals surface area (Å²) in [5.74, 6) is -0.839. The fourth-order valence-corrected chi connectivity index (χ4v) is 4.76. The van der Waals surface area contributed by atoms with Gasteiger partial charge in [0, 0.05) is 45.3 Å². The summed E-state index contributed by atoms with van der Waals surface area (Å²) >= 11 is 0. The number of aromatic nitrogens is 1. The molecule has 1 N–H and O–H groups in total. The molecule has 2 fully saturated rings. The number of likely N-dealkylation sites (tertiary alicyclic amines) is 1. The van der Waals surface area contributed by atoms with Crippen molar-refractivity contribution in [1.29, 1.82) is 0 Å². The van der Waals surface area contributed by atoms with Gasteiger partial charge in [0.25, 0.3) is 11.5 Å². The molecule has 0 radical (unpaired) electrons. The molecule has 29 heavy (non-hydrogen) atoms. The predicted molar refractivity (Wildman–Crippen MR) is 109 cm³/mol. The number of hydrogen-bond donors (Lipinski definition) is 1. The number of rotatable bonds is 4. The maximum atomic E-state index is 12.8. The highest BCUT2D eigenvalue weighted by molar-refractivity contribution is 7.88. The average Bonchev–Trinajstić information content (AvgIpc) is 2.70. The van der Waals surface area contributed by atoms with Crippen LogP contribution >= 0.6 is 0 Å². The molecule has 0 aromatic carbocycles. The van der Waals surface area contributed by atoms with Crippen molar-refractivity contribution in [2.75, 3.05) is 37.8 Å². The molecule has 160 valence electrons. The standard InChI is InChI=1S/C19H28N4O5S/c1-21-13-15(18(25)22-8-4-3-5-9-22)12-16(19(21)26)20-17(24)14-6-10-23(11-7-14)29(2,27)28/h12-14H,3-11H2,1-2H3,(H,20,24). The summed E-state index contributed by atoms with van der Waals surface area (Å²) in [5.41, 5.74) is 0.0595. The number of anilines is 1. The van der Waals surface area contributed by atoms with Gasteiger partial charge in [0.2, 0.25) is 15.9 Å². The van der Waals surface area contributed by atoms with Gasteiger partial charge in [0.15, 0.2) is 0 Å². The Morgan fingerprint density at radius 2 is 1.69 bits per heavy atom. The van der Waals surface area contributed by atoms with Crippen LogP contribution in [-0.2, 0) is 21.9 Å². The number of amides is 2. The Balaban J connectivity index is 1.72. The number of hydrogen-bond acceptors (Lipinski definition) is 5. The molecule has 10 heteroatoms. The van der Waals surface area contributed by atoms with E-state index >= 15 is 0 Å². The molecule has 9 nitrogen and oxygen atoms in total. The van der Waals surface area contributed by atoms with Gasteiger partial charge in [-0.2, -0.15) is 0 Å². The lowest BCUT2D eigenvalue weighted by Crippen LogP contribution is -2.41. The van der Waals surface area contributed by atoms with Crippen molar-refractivity contribution >= 4 is 27.5 Å². The van der Waals surface area contributed by atoms with Gasteiger partial charge in [-0.1, -0.05) is 0 Å². The van der Waals surface area contributed by atoms with E-state index < -0.39 is 10.0 Å². The zero-order valence-corrected chi connectivity index (χ0v) is 17.7. The van der Waals surface area contributed by atoms with Gasteiger partial charge in [0.05, 0.1) is 11.8 Å². The minimum atomic E-state index is -3.27. The Labute approximate surface area is 170 Å². The number of carbonyl (C=O) groups is 2. The molecule has 1 aromatic heterocycles. The second kappa shape index (κ2) is 8.66. The summed E-state index contributed by atoms with van der Waals surface area (Å²) in [6.07, 6.45) is 6.48. The smallest absolute Gasteiger partial charge is 0.274 e. The lowest BCUT2D eigenvalue weighted by Gasteiger charge is -2.29. The van der Waals surface area contributed by atoms with E-state index in [2.05, 4.69) is 5.32 Å². The molecular weight excluding hydrogens is 396 g/mol. The Bertz CT molecular complexity index is 942. The number of carbonyl (C=O) groups excluding carboxylic acids is 2. The quantitative estimate of drug-likeness (QED) is 0.762. The maximum Gasteiger partial charge on any atom is 0.274 e. The molecule has 3 rings (SSSR count). The second-order valence-corrected chi connectivity index (χ2v) is 9.82.